The first kappa shape index (κ1) is 15.1. The molecule has 0 aliphatic carbocycles. The summed E-state index contributed by atoms with van der Waals surface area (Å²) in [4.78, 5) is 26.3. The van der Waals surface area contributed by atoms with Crippen molar-refractivity contribution in [3.63, 3.8) is 0 Å². The second-order valence-corrected chi connectivity index (χ2v) is 6.11. The molecular formula is C16H25N5O. The highest BCUT2D eigenvalue weighted by molar-refractivity contribution is 5.53. The van der Waals surface area contributed by atoms with Gasteiger partial charge in [0, 0.05) is 44.8 Å². The lowest BCUT2D eigenvalue weighted by Gasteiger charge is -2.37. The minimum Gasteiger partial charge on any atom is -0.353 e. The Balaban J connectivity index is 1.73. The minimum absolute atomic E-state index is 0.600. The molecule has 3 heterocycles. The Morgan fingerprint density at radius 1 is 1.14 bits per heavy atom. The molecule has 22 heavy (non-hydrogen) atoms. The third-order valence-electron chi connectivity index (χ3n) is 4.82. The van der Waals surface area contributed by atoms with Gasteiger partial charge in [-0.15, -0.1) is 0 Å². The van der Waals surface area contributed by atoms with Gasteiger partial charge in [0.2, 0.25) is 6.41 Å². The van der Waals surface area contributed by atoms with E-state index in [-0.39, 0.29) is 0 Å². The van der Waals surface area contributed by atoms with Crippen molar-refractivity contribution < 1.29 is 4.79 Å². The Hall–Kier alpha value is -1.85. The summed E-state index contributed by atoms with van der Waals surface area (Å²) in [5.74, 6) is 2.03. The van der Waals surface area contributed by atoms with Gasteiger partial charge in [0.05, 0.1) is 0 Å². The van der Waals surface area contributed by atoms with Crippen LogP contribution in [0.25, 0.3) is 0 Å². The van der Waals surface area contributed by atoms with Crippen molar-refractivity contribution in [2.75, 3.05) is 42.5 Å². The van der Waals surface area contributed by atoms with E-state index in [1.54, 1.807) is 6.33 Å². The SMILES string of the molecule is CCC1CCCCN1c1cc(N2CCN(C=O)CC2)ncn1. The molecule has 1 unspecified atom stereocenters. The van der Waals surface area contributed by atoms with Crippen LogP contribution in [-0.4, -0.2) is 60.0 Å². The van der Waals surface area contributed by atoms with E-state index < -0.39 is 0 Å². The first-order valence-corrected chi connectivity index (χ1v) is 8.35. The average Bonchev–Trinajstić information content (AvgIpc) is 2.62. The maximum Gasteiger partial charge on any atom is 0.209 e. The summed E-state index contributed by atoms with van der Waals surface area (Å²) < 4.78 is 0. The zero-order valence-electron chi connectivity index (χ0n) is 13.3. The van der Waals surface area contributed by atoms with Gasteiger partial charge in [0.25, 0.3) is 0 Å². The van der Waals surface area contributed by atoms with Crippen molar-refractivity contribution in [1.29, 1.82) is 0 Å². The summed E-state index contributed by atoms with van der Waals surface area (Å²) in [6.07, 6.45) is 7.60. The molecule has 0 aromatic carbocycles. The van der Waals surface area contributed by atoms with E-state index >= 15 is 0 Å². The number of aromatic nitrogens is 2. The number of hydrogen-bond acceptors (Lipinski definition) is 5. The summed E-state index contributed by atoms with van der Waals surface area (Å²) in [7, 11) is 0. The molecule has 2 aliphatic rings. The fourth-order valence-electron chi connectivity index (χ4n) is 3.45. The lowest BCUT2D eigenvalue weighted by Crippen LogP contribution is -2.46. The summed E-state index contributed by atoms with van der Waals surface area (Å²) in [5.41, 5.74) is 0. The standard InChI is InChI=1S/C16H25N5O/c1-2-14-5-3-4-6-21(14)16-11-15(17-12-18-16)20-9-7-19(13-22)8-10-20/h11-14H,2-10H2,1H3. The van der Waals surface area contributed by atoms with Crippen LogP contribution in [0.1, 0.15) is 32.6 Å². The maximum absolute atomic E-state index is 10.8. The second kappa shape index (κ2) is 6.94. The Labute approximate surface area is 132 Å². The zero-order valence-corrected chi connectivity index (χ0v) is 13.3. The number of anilines is 2. The summed E-state index contributed by atoms with van der Waals surface area (Å²) in [6.45, 7) is 6.56. The molecule has 0 saturated carbocycles. The van der Waals surface area contributed by atoms with Gasteiger partial charge in [0.15, 0.2) is 0 Å². The van der Waals surface area contributed by atoms with Crippen molar-refractivity contribution >= 4 is 18.0 Å². The molecule has 0 spiro atoms. The van der Waals surface area contributed by atoms with Crippen LogP contribution in [0.2, 0.25) is 0 Å². The van der Waals surface area contributed by atoms with E-state index in [0.29, 0.717) is 6.04 Å². The molecule has 3 rings (SSSR count). The van der Waals surface area contributed by atoms with Crippen LogP contribution in [-0.2, 0) is 4.79 Å². The molecule has 1 atom stereocenters. The van der Waals surface area contributed by atoms with Crippen molar-refractivity contribution in [1.82, 2.24) is 14.9 Å². The Bertz CT molecular complexity index is 501. The highest BCUT2D eigenvalue weighted by atomic mass is 16.1. The Morgan fingerprint density at radius 3 is 2.64 bits per heavy atom. The first-order chi connectivity index (χ1) is 10.8. The molecule has 1 aromatic rings. The normalized spacial score (nSPS) is 22.8. The summed E-state index contributed by atoms with van der Waals surface area (Å²) in [5, 5.41) is 0. The van der Waals surface area contributed by atoms with Gasteiger partial charge >= 0.3 is 0 Å². The monoisotopic (exact) mass is 303 g/mol. The van der Waals surface area contributed by atoms with Crippen LogP contribution in [0.15, 0.2) is 12.4 Å². The van der Waals surface area contributed by atoms with Crippen molar-refractivity contribution in [3.8, 4) is 0 Å². The van der Waals surface area contributed by atoms with E-state index in [2.05, 4.69) is 32.8 Å². The predicted molar refractivity (Wildman–Crippen MR) is 87.2 cm³/mol. The van der Waals surface area contributed by atoms with E-state index in [0.717, 1.165) is 57.2 Å². The fourth-order valence-corrected chi connectivity index (χ4v) is 3.45. The molecule has 120 valence electrons. The number of piperidine rings is 1. The number of piperazine rings is 1. The van der Waals surface area contributed by atoms with Crippen molar-refractivity contribution in [3.05, 3.63) is 12.4 Å². The van der Waals surface area contributed by atoms with Crippen LogP contribution in [0.5, 0.6) is 0 Å². The number of amides is 1. The zero-order chi connectivity index (χ0) is 15.4. The van der Waals surface area contributed by atoms with Crippen molar-refractivity contribution in [2.45, 2.75) is 38.6 Å². The molecule has 2 saturated heterocycles. The van der Waals surface area contributed by atoms with Gasteiger partial charge < -0.3 is 14.7 Å². The van der Waals surface area contributed by atoms with Crippen LogP contribution in [0, 0.1) is 0 Å². The smallest absolute Gasteiger partial charge is 0.209 e. The lowest BCUT2D eigenvalue weighted by atomic mass is 10.00. The third kappa shape index (κ3) is 3.15. The Kier molecular flexibility index (Phi) is 4.75. The molecule has 2 aliphatic heterocycles. The molecule has 1 amide bonds. The first-order valence-electron chi connectivity index (χ1n) is 8.35. The lowest BCUT2D eigenvalue weighted by molar-refractivity contribution is -0.118. The van der Waals surface area contributed by atoms with Crippen LogP contribution >= 0.6 is 0 Å². The molecule has 0 N–H and O–H groups in total. The van der Waals surface area contributed by atoms with Crippen LogP contribution < -0.4 is 9.80 Å². The topological polar surface area (TPSA) is 52.6 Å². The van der Waals surface area contributed by atoms with E-state index in [9.17, 15) is 4.79 Å². The van der Waals surface area contributed by atoms with Gasteiger partial charge in [-0.3, -0.25) is 4.79 Å². The number of hydrogen-bond donors (Lipinski definition) is 0. The fraction of sp³-hybridized carbons (Fsp3) is 0.688. The van der Waals surface area contributed by atoms with E-state index in [4.69, 9.17) is 0 Å². The maximum atomic E-state index is 10.8. The number of nitrogens with zero attached hydrogens (tertiary/aromatic N) is 5. The third-order valence-corrected chi connectivity index (χ3v) is 4.82. The highest BCUT2D eigenvalue weighted by Gasteiger charge is 2.23. The summed E-state index contributed by atoms with van der Waals surface area (Å²) in [6, 6.07) is 2.72. The number of carbonyl (C=O) groups is 1. The van der Waals surface area contributed by atoms with Crippen molar-refractivity contribution in [2.24, 2.45) is 0 Å². The quantitative estimate of drug-likeness (QED) is 0.790. The number of carbonyl (C=O) groups excluding carboxylic acids is 1. The number of rotatable bonds is 4. The molecule has 6 nitrogen and oxygen atoms in total. The highest BCUT2D eigenvalue weighted by Crippen LogP contribution is 2.26. The van der Waals surface area contributed by atoms with E-state index in [1.807, 2.05) is 4.90 Å². The molecule has 0 radical (unpaired) electrons. The van der Waals surface area contributed by atoms with Crippen LogP contribution in [0.3, 0.4) is 0 Å². The minimum atomic E-state index is 0.600. The summed E-state index contributed by atoms with van der Waals surface area (Å²) >= 11 is 0. The van der Waals surface area contributed by atoms with Gasteiger partial charge in [-0.2, -0.15) is 0 Å². The molecule has 0 bridgehead atoms. The molecule has 2 fully saturated rings. The van der Waals surface area contributed by atoms with Gasteiger partial charge in [0.1, 0.15) is 18.0 Å². The Morgan fingerprint density at radius 2 is 1.91 bits per heavy atom. The van der Waals surface area contributed by atoms with Gasteiger partial charge in [-0.25, -0.2) is 9.97 Å². The van der Waals surface area contributed by atoms with E-state index in [1.165, 1.54) is 19.3 Å². The molecule has 6 heteroatoms. The second-order valence-electron chi connectivity index (χ2n) is 6.11. The average molecular weight is 303 g/mol. The molecule has 1 aromatic heterocycles. The van der Waals surface area contributed by atoms with Crippen LogP contribution in [0.4, 0.5) is 11.6 Å². The molecular weight excluding hydrogens is 278 g/mol. The van der Waals surface area contributed by atoms with Gasteiger partial charge in [-0.1, -0.05) is 6.92 Å². The largest absolute Gasteiger partial charge is 0.353 e. The predicted octanol–water partition coefficient (Wildman–Crippen LogP) is 1.52. The van der Waals surface area contributed by atoms with Gasteiger partial charge in [-0.05, 0) is 25.7 Å².